The number of rotatable bonds is 6. The predicted octanol–water partition coefficient (Wildman–Crippen LogP) is 2.48. The molecule has 35 heavy (non-hydrogen) atoms. The van der Waals surface area contributed by atoms with Crippen molar-refractivity contribution in [3.05, 3.63) is 66.2 Å². The summed E-state index contributed by atoms with van der Waals surface area (Å²) < 4.78 is 6.25. The molecular formula is C29H39BrN2O3. The Morgan fingerprint density at radius 2 is 1.49 bits per heavy atom. The van der Waals surface area contributed by atoms with Crippen molar-refractivity contribution in [2.45, 2.75) is 64.0 Å². The van der Waals surface area contributed by atoms with Crippen LogP contribution in [0.5, 0.6) is 0 Å². The second kappa shape index (κ2) is 13.2. The van der Waals surface area contributed by atoms with Crippen molar-refractivity contribution >= 4 is 17.4 Å². The molecule has 2 bridgehead atoms. The molecule has 2 aromatic rings. The summed E-state index contributed by atoms with van der Waals surface area (Å²) in [6, 6.07) is 20.7. The standard InChI is InChI=1S/C17H22NO3.C12H17N.BrH/c1-13(19)21-17-12-18(9-7-15(17)8-10-18)11-16(20)14-5-3-2-4-6-14;1-3-7-11(8-4-1)13-12-9-5-2-6-10-12;/h2-6,15,17H,7-12H2,1H3;1,3-4,7-8,12-13H,2,5-6,9-10H2;1H/q+1;;/p-1. The molecule has 3 heterocycles. The summed E-state index contributed by atoms with van der Waals surface area (Å²) in [5.41, 5.74) is 2.05. The van der Waals surface area contributed by atoms with Gasteiger partial charge in [0.1, 0.15) is 13.1 Å². The second-order valence-corrected chi connectivity index (χ2v) is 10.2. The van der Waals surface area contributed by atoms with Gasteiger partial charge in [-0.15, -0.1) is 0 Å². The highest BCUT2D eigenvalue weighted by molar-refractivity contribution is 5.96. The number of carbonyl (C=O) groups is 2. The minimum absolute atomic E-state index is 0. The molecule has 5 nitrogen and oxygen atoms in total. The van der Waals surface area contributed by atoms with Gasteiger partial charge in [0.15, 0.2) is 6.10 Å². The van der Waals surface area contributed by atoms with E-state index < -0.39 is 0 Å². The van der Waals surface area contributed by atoms with Gasteiger partial charge in [0, 0.05) is 43.0 Å². The number of fused-ring (bicyclic) bond motifs is 3. The average Bonchev–Trinajstić information content (AvgIpc) is 2.86. The lowest BCUT2D eigenvalue weighted by Crippen LogP contribution is -3.00. The van der Waals surface area contributed by atoms with Crippen LogP contribution in [0, 0.1) is 5.92 Å². The maximum Gasteiger partial charge on any atom is 0.303 e. The Hall–Kier alpha value is -2.18. The Balaban J connectivity index is 0.000000211. The van der Waals surface area contributed by atoms with Gasteiger partial charge in [-0.3, -0.25) is 9.59 Å². The third kappa shape index (κ3) is 7.91. The monoisotopic (exact) mass is 542 g/mol. The number of nitrogens with zero attached hydrogens (tertiary/aromatic N) is 1. The Morgan fingerprint density at radius 1 is 0.886 bits per heavy atom. The fraction of sp³-hybridized carbons (Fsp3) is 0.517. The van der Waals surface area contributed by atoms with Gasteiger partial charge in [0.25, 0.3) is 0 Å². The summed E-state index contributed by atoms with van der Waals surface area (Å²) in [5, 5.41) is 3.58. The number of para-hydroxylation sites is 1. The van der Waals surface area contributed by atoms with Gasteiger partial charge in [-0.25, -0.2) is 0 Å². The minimum Gasteiger partial charge on any atom is -1.00 e. The Bertz CT molecular complexity index is 923. The maximum absolute atomic E-state index is 12.5. The van der Waals surface area contributed by atoms with E-state index in [9.17, 15) is 9.59 Å². The Morgan fingerprint density at radius 3 is 2.09 bits per heavy atom. The molecule has 0 spiro atoms. The molecule has 3 aliphatic heterocycles. The molecular weight excluding hydrogens is 504 g/mol. The van der Waals surface area contributed by atoms with Crippen LogP contribution in [0.1, 0.15) is 62.2 Å². The number of anilines is 1. The van der Waals surface area contributed by atoms with E-state index in [2.05, 4.69) is 35.6 Å². The van der Waals surface area contributed by atoms with E-state index >= 15 is 0 Å². The predicted molar refractivity (Wildman–Crippen MR) is 136 cm³/mol. The average molecular weight is 544 g/mol. The molecule has 4 fully saturated rings. The van der Waals surface area contributed by atoms with Crippen molar-refractivity contribution in [1.29, 1.82) is 0 Å². The molecule has 0 amide bonds. The Kier molecular flexibility index (Phi) is 10.4. The van der Waals surface area contributed by atoms with Gasteiger partial charge < -0.3 is 31.5 Å². The zero-order valence-electron chi connectivity index (χ0n) is 20.8. The summed E-state index contributed by atoms with van der Waals surface area (Å²) >= 11 is 0. The molecule has 1 saturated carbocycles. The van der Waals surface area contributed by atoms with Gasteiger partial charge in [-0.2, -0.15) is 0 Å². The topological polar surface area (TPSA) is 55.4 Å². The first-order valence-corrected chi connectivity index (χ1v) is 13.0. The van der Waals surface area contributed by atoms with Crippen molar-refractivity contribution in [3.63, 3.8) is 0 Å². The van der Waals surface area contributed by atoms with Crippen molar-refractivity contribution in [2.75, 3.05) is 31.5 Å². The van der Waals surface area contributed by atoms with Gasteiger partial charge >= 0.3 is 5.97 Å². The van der Waals surface area contributed by atoms with E-state index in [0.717, 1.165) is 48.6 Å². The molecule has 2 aromatic carbocycles. The van der Waals surface area contributed by atoms with Crippen LogP contribution in [0.3, 0.4) is 0 Å². The summed E-state index contributed by atoms with van der Waals surface area (Å²) in [6.45, 7) is 4.84. The summed E-state index contributed by atoms with van der Waals surface area (Å²) in [5.74, 6) is 0.472. The van der Waals surface area contributed by atoms with Gasteiger partial charge in [-0.05, 0) is 25.0 Å². The van der Waals surface area contributed by atoms with Crippen LogP contribution < -0.4 is 22.3 Å². The lowest BCUT2D eigenvalue weighted by Gasteiger charge is -2.51. The molecule has 0 radical (unpaired) electrons. The number of nitrogens with one attached hydrogen (secondary N) is 1. The number of halogens is 1. The van der Waals surface area contributed by atoms with E-state index in [4.69, 9.17) is 4.74 Å². The van der Waals surface area contributed by atoms with Gasteiger partial charge in [-0.1, -0.05) is 67.8 Å². The van der Waals surface area contributed by atoms with Crippen molar-refractivity contribution < 1.29 is 35.8 Å². The van der Waals surface area contributed by atoms with Crippen LogP contribution in [-0.4, -0.2) is 54.6 Å². The van der Waals surface area contributed by atoms with Crippen LogP contribution in [-0.2, 0) is 9.53 Å². The quantitative estimate of drug-likeness (QED) is 0.346. The molecule has 4 aliphatic rings. The number of hydrogen-bond donors (Lipinski definition) is 1. The summed E-state index contributed by atoms with van der Waals surface area (Å²) in [6.07, 6.45) is 9.00. The first-order chi connectivity index (χ1) is 16.5. The van der Waals surface area contributed by atoms with Crippen LogP contribution in [0.2, 0.25) is 0 Å². The molecule has 6 heteroatoms. The smallest absolute Gasteiger partial charge is 0.303 e. The van der Waals surface area contributed by atoms with E-state index in [0.29, 0.717) is 12.5 Å². The highest BCUT2D eigenvalue weighted by Gasteiger charge is 2.48. The normalized spacial score (nSPS) is 25.4. The SMILES string of the molecule is CC(=O)OC1C[N+]2(CC(=O)c3ccccc3)CCC1CC2.[Br-].c1ccc(NC2CCCCC2)cc1. The summed E-state index contributed by atoms with van der Waals surface area (Å²) in [7, 11) is 0. The fourth-order valence-electron chi connectivity index (χ4n) is 5.83. The molecule has 1 atom stereocenters. The van der Waals surface area contributed by atoms with Gasteiger partial charge in [0.05, 0.1) is 13.1 Å². The zero-order chi connectivity index (χ0) is 23.8. The molecule has 0 aromatic heterocycles. The molecule has 1 aliphatic carbocycles. The molecule has 3 saturated heterocycles. The van der Waals surface area contributed by atoms with Crippen LogP contribution in [0.4, 0.5) is 5.69 Å². The number of quaternary nitrogens is 1. The number of piperidine rings is 3. The van der Waals surface area contributed by atoms with E-state index in [-0.39, 0.29) is 34.8 Å². The fourth-order valence-corrected chi connectivity index (χ4v) is 5.83. The number of esters is 1. The lowest BCUT2D eigenvalue weighted by molar-refractivity contribution is -0.938. The maximum atomic E-state index is 12.5. The minimum atomic E-state index is -0.207. The first-order valence-electron chi connectivity index (χ1n) is 13.0. The van der Waals surface area contributed by atoms with Crippen LogP contribution in [0.25, 0.3) is 0 Å². The van der Waals surface area contributed by atoms with Crippen molar-refractivity contribution in [1.82, 2.24) is 0 Å². The third-order valence-corrected chi connectivity index (χ3v) is 7.68. The van der Waals surface area contributed by atoms with E-state index in [1.54, 1.807) is 0 Å². The largest absolute Gasteiger partial charge is 1.00 e. The number of hydrogen-bond acceptors (Lipinski definition) is 4. The van der Waals surface area contributed by atoms with Crippen LogP contribution in [0.15, 0.2) is 60.7 Å². The second-order valence-electron chi connectivity index (χ2n) is 10.2. The lowest BCUT2D eigenvalue weighted by atomic mass is 9.83. The van der Waals surface area contributed by atoms with E-state index in [1.807, 2.05) is 30.3 Å². The molecule has 1 unspecified atom stereocenters. The summed E-state index contributed by atoms with van der Waals surface area (Å²) in [4.78, 5) is 23.7. The molecule has 6 rings (SSSR count). The molecule has 190 valence electrons. The van der Waals surface area contributed by atoms with Crippen molar-refractivity contribution in [3.8, 4) is 0 Å². The molecule has 1 N–H and O–H groups in total. The number of carbonyl (C=O) groups excluding carboxylic acids is 2. The first kappa shape index (κ1) is 27.4. The number of ether oxygens (including phenoxy) is 1. The number of Topliss-reactive ketones (excluding diaryl/α,β-unsaturated/α-hetero) is 1. The highest BCUT2D eigenvalue weighted by Crippen LogP contribution is 2.35. The number of benzene rings is 2. The zero-order valence-corrected chi connectivity index (χ0v) is 22.4. The highest BCUT2D eigenvalue weighted by atomic mass is 79.9. The van der Waals surface area contributed by atoms with Crippen molar-refractivity contribution in [2.24, 2.45) is 5.92 Å². The third-order valence-electron chi connectivity index (χ3n) is 7.68. The Labute approximate surface area is 220 Å². The number of ketones is 1. The van der Waals surface area contributed by atoms with E-state index in [1.165, 1.54) is 44.7 Å². The van der Waals surface area contributed by atoms with Gasteiger partial charge in [0.2, 0.25) is 5.78 Å². The van der Waals surface area contributed by atoms with Crippen LogP contribution >= 0.6 is 0 Å².